The van der Waals surface area contributed by atoms with Gasteiger partial charge in [0.15, 0.2) is 0 Å². The molecule has 0 atom stereocenters. The Morgan fingerprint density at radius 1 is 0.449 bits per heavy atom. The number of fused-ring (bicyclic) bond motifs is 10. The van der Waals surface area contributed by atoms with Crippen molar-refractivity contribution in [2.45, 2.75) is 19.6 Å². The zero-order chi connectivity index (χ0) is 44.1. The molecule has 334 valence electrons. The number of rotatable bonds is 4. The van der Waals surface area contributed by atoms with E-state index in [4.69, 9.17) is 23.9 Å². The molecule has 0 N–H and O–H groups in total. The third kappa shape index (κ3) is 6.47. The standard InChI is InChI=1S/C56H28B2N4O3S2.2Pt/c1-61-42-11-5-3-9-40(42)59-55(61)33-18-22-45-37(27-33)57-36-25-31(17-21-44(36)64-46-13-7-14-47(65-45)53(46)57)35-29-48(63-30-35)32-19-23-49-38(26-32)58-39-28-34(56-60-41-10-4-6-12-43(41)62(56)2)20-24-50(39)67-52-16-8-15-51(66-49)54(52)58;;/h3-24H,1-2H3;;/q-6;;. The van der Waals surface area contributed by atoms with Gasteiger partial charge < -0.3 is 40.2 Å². The first-order chi connectivity index (χ1) is 33.0. The van der Waals surface area contributed by atoms with Gasteiger partial charge in [-0.3, -0.25) is 9.97 Å². The molecule has 0 radical (unpaired) electrons. The average Bonchev–Trinajstić information content (AvgIpc) is 4.09. The number of hydrogen-bond donors (Lipinski definition) is 0. The maximum absolute atomic E-state index is 6.57. The summed E-state index contributed by atoms with van der Waals surface area (Å²) >= 11 is 3.60. The third-order valence-corrected chi connectivity index (χ3v) is 15.8. The molecular formula is C56H28B2N4O3Pt2S2-6. The molecule has 0 bridgehead atoms. The zero-order valence-corrected chi connectivity index (χ0v) is 42.5. The maximum Gasteiger partial charge on any atom is 0.218 e. The van der Waals surface area contributed by atoms with Crippen LogP contribution in [0.15, 0.2) is 157 Å². The van der Waals surface area contributed by atoms with Crippen molar-refractivity contribution < 1.29 is 56.0 Å². The quantitative estimate of drug-likeness (QED) is 0.129. The number of imidazole rings is 2. The van der Waals surface area contributed by atoms with Gasteiger partial charge in [0.2, 0.25) is 13.4 Å². The van der Waals surface area contributed by atoms with Crippen molar-refractivity contribution in [2.75, 3.05) is 0 Å². The predicted octanol–water partition coefficient (Wildman–Crippen LogP) is 8.69. The van der Waals surface area contributed by atoms with Gasteiger partial charge >= 0.3 is 0 Å². The van der Waals surface area contributed by atoms with E-state index in [9.17, 15) is 0 Å². The van der Waals surface area contributed by atoms with Crippen LogP contribution in [0.1, 0.15) is 0 Å². The molecule has 15 rings (SSSR count). The Morgan fingerprint density at radius 3 is 1.55 bits per heavy atom. The van der Waals surface area contributed by atoms with Gasteiger partial charge in [0, 0.05) is 73.2 Å². The summed E-state index contributed by atoms with van der Waals surface area (Å²) in [5.41, 5.74) is 14.4. The number of aryl methyl sites for hydroxylation is 2. The maximum atomic E-state index is 6.57. The van der Waals surface area contributed by atoms with Gasteiger partial charge in [0.05, 0.1) is 33.7 Å². The fourth-order valence-corrected chi connectivity index (χ4v) is 12.7. The first kappa shape index (κ1) is 42.9. The van der Waals surface area contributed by atoms with Crippen molar-refractivity contribution in [3.63, 3.8) is 0 Å². The van der Waals surface area contributed by atoms with Crippen molar-refractivity contribution in [3.8, 4) is 68.2 Å². The molecular weight excluding hydrogens is 1250 g/mol. The summed E-state index contributed by atoms with van der Waals surface area (Å²) in [6.45, 7) is -0.339. The molecule has 11 aromatic rings. The molecule has 4 aliphatic rings. The van der Waals surface area contributed by atoms with Crippen LogP contribution in [0.5, 0.6) is 23.0 Å². The van der Waals surface area contributed by atoms with Gasteiger partial charge in [-0.05, 0) is 63.8 Å². The summed E-state index contributed by atoms with van der Waals surface area (Å²) in [7, 11) is 4.12. The molecule has 0 aliphatic carbocycles. The molecule has 0 saturated carbocycles. The van der Waals surface area contributed by atoms with Crippen LogP contribution >= 0.6 is 23.5 Å². The van der Waals surface area contributed by atoms with E-state index in [1.54, 1.807) is 11.8 Å². The molecule has 0 unspecified atom stereocenters. The van der Waals surface area contributed by atoms with Gasteiger partial charge in [-0.1, -0.05) is 51.9 Å². The van der Waals surface area contributed by atoms with Gasteiger partial charge in [0.25, 0.3) is 0 Å². The number of benzene rings is 8. The largest absolute Gasteiger partial charge is 0.631 e. The van der Waals surface area contributed by atoms with E-state index in [2.05, 4.69) is 120 Å². The number of furan rings is 1. The first-order valence-electron chi connectivity index (χ1n) is 22.0. The van der Waals surface area contributed by atoms with Crippen molar-refractivity contribution >= 4 is 91.8 Å². The van der Waals surface area contributed by atoms with Crippen LogP contribution in [-0.4, -0.2) is 32.5 Å². The fraction of sp³-hybridized carbons (Fsp3) is 0.0357. The minimum atomic E-state index is -0.260. The Bertz CT molecular complexity index is 3700. The van der Waals surface area contributed by atoms with Crippen molar-refractivity contribution in [1.29, 1.82) is 0 Å². The minimum absolute atomic E-state index is 0. The normalized spacial score (nSPS) is 13.2. The number of ether oxygens (including phenoxy) is 2. The molecule has 0 fully saturated rings. The van der Waals surface area contributed by atoms with Crippen LogP contribution in [0, 0.1) is 36.6 Å². The van der Waals surface area contributed by atoms with Crippen LogP contribution < -0.4 is 42.3 Å². The SMILES string of the molecule is Cn1c(-c2[c-]c3c(cc2)Oc2cccc4c2B3c2[c-]c(-c3[c-]oc(-c5[c-]c6c(cc5)Sc5cccc7c5B6c5[c-]c(-c6nc8ccccc8n6C)ccc5S7)[c-]3)ccc2O4)nc2ccccc21.[Pt].[Pt]. The molecule has 0 amide bonds. The van der Waals surface area contributed by atoms with E-state index in [1.807, 2.05) is 85.5 Å². The zero-order valence-electron chi connectivity index (χ0n) is 36.3. The molecule has 0 spiro atoms. The van der Waals surface area contributed by atoms with Crippen molar-refractivity contribution in [1.82, 2.24) is 19.1 Å². The minimum Gasteiger partial charge on any atom is -0.631 e. The molecule has 0 saturated heterocycles. The number of para-hydroxylation sites is 4. The van der Waals surface area contributed by atoms with Crippen LogP contribution in [-0.2, 0) is 56.2 Å². The molecule has 3 aromatic heterocycles. The number of nitrogens with zero attached hydrogens (tertiary/aromatic N) is 4. The van der Waals surface area contributed by atoms with Crippen LogP contribution in [0.4, 0.5) is 0 Å². The van der Waals surface area contributed by atoms with Crippen molar-refractivity contribution in [2.24, 2.45) is 14.1 Å². The molecule has 7 heterocycles. The van der Waals surface area contributed by atoms with Crippen LogP contribution in [0.25, 0.3) is 67.3 Å². The Kier molecular flexibility index (Phi) is 10.0. The smallest absolute Gasteiger partial charge is 0.218 e. The summed E-state index contributed by atoms with van der Waals surface area (Å²) < 4.78 is 23.7. The van der Waals surface area contributed by atoms with Gasteiger partial charge in [0.1, 0.15) is 11.5 Å². The van der Waals surface area contributed by atoms with E-state index in [-0.39, 0.29) is 55.6 Å². The Labute approximate surface area is 435 Å². The Balaban J connectivity index is 0.00000234. The molecule has 7 nitrogen and oxygen atoms in total. The van der Waals surface area contributed by atoms with Gasteiger partial charge in [-0.25, -0.2) is 12.1 Å². The van der Waals surface area contributed by atoms with E-state index in [1.165, 1.54) is 20.1 Å². The second-order valence-electron chi connectivity index (χ2n) is 17.2. The van der Waals surface area contributed by atoms with Gasteiger partial charge in [-0.15, -0.1) is 129 Å². The van der Waals surface area contributed by atoms with E-state index < -0.39 is 0 Å². The molecule has 8 aromatic carbocycles. The monoisotopic (exact) mass is 1280 g/mol. The summed E-state index contributed by atoms with van der Waals surface area (Å²) in [5.74, 6) is 5.24. The van der Waals surface area contributed by atoms with E-state index in [0.717, 1.165) is 111 Å². The van der Waals surface area contributed by atoms with Crippen LogP contribution in [0.2, 0.25) is 0 Å². The summed E-state index contributed by atoms with van der Waals surface area (Å²) in [4.78, 5) is 14.9. The second kappa shape index (κ2) is 16.2. The summed E-state index contributed by atoms with van der Waals surface area (Å²) in [6.07, 6.45) is 3.18. The molecule has 69 heavy (non-hydrogen) atoms. The van der Waals surface area contributed by atoms with Crippen molar-refractivity contribution in [3.05, 3.63) is 170 Å². The number of aromatic nitrogens is 4. The fourth-order valence-electron chi connectivity index (χ4n) is 10.3. The van der Waals surface area contributed by atoms with Gasteiger partial charge in [-0.2, -0.15) is 0 Å². The van der Waals surface area contributed by atoms with Crippen LogP contribution in [0.3, 0.4) is 0 Å². The first-order valence-corrected chi connectivity index (χ1v) is 23.6. The topological polar surface area (TPSA) is 67.2 Å². The van der Waals surface area contributed by atoms with E-state index in [0.29, 0.717) is 11.3 Å². The average molecular weight is 1280 g/mol. The van der Waals surface area contributed by atoms with E-state index >= 15 is 0 Å². The predicted molar refractivity (Wildman–Crippen MR) is 265 cm³/mol. The Morgan fingerprint density at radius 2 is 0.942 bits per heavy atom. The summed E-state index contributed by atoms with van der Waals surface area (Å²) in [5, 5.41) is 0. The summed E-state index contributed by atoms with van der Waals surface area (Å²) in [6, 6.07) is 64.5. The third-order valence-electron chi connectivity index (χ3n) is 13.5. The second-order valence-corrected chi connectivity index (χ2v) is 19.4. The molecule has 4 aliphatic heterocycles. The molecule has 13 heteroatoms. The Hall–Kier alpha value is -6.21. The number of hydrogen-bond acceptors (Lipinski definition) is 7.